The second kappa shape index (κ2) is 14.6. The van der Waals surface area contributed by atoms with Crippen molar-refractivity contribution in [1.82, 2.24) is 15.5 Å². The second-order valence-corrected chi connectivity index (χ2v) is 9.89. The van der Waals surface area contributed by atoms with Crippen LogP contribution < -0.4 is 10.6 Å². The molecular formula is C27H45N3O4. The van der Waals surface area contributed by atoms with E-state index >= 15 is 0 Å². The first-order valence-electron chi connectivity index (χ1n) is 12.6. The summed E-state index contributed by atoms with van der Waals surface area (Å²) in [4.78, 5) is 40.4. The molecule has 34 heavy (non-hydrogen) atoms. The van der Waals surface area contributed by atoms with Crippen molar-refractivity contribution < 1.29 is 19.1 Å². The van der Waals surface area contributed by atoms with E-state index in [9.17, 15) is 14.4 Å². The molecule has 0 radical (unpaired) electrons. The molecule has 2 N–H and O–H groups in total. The Kier molecular flexibility index (Phi) is 12.7. The predicted octanol–water partition coefficient (Wildman–Crippen LogP) is 5.19. The maximum absolute atomic E-state index is 13.4. The number of aryl methyl sites for hydroxylation is 2. The molecule has 0 fully saturated rings. The van der Waals surface area contributed by atoms with E-state index < -0.39 is 17.7 Å². The highest BCUT2D eigenvalue weighted by Crippen LogP contribution is 2.25. The largest absolute Gasteiger partial charge is 0.444 e. The molecule has 0 saturated carbocycles. The molecule has 1 aromatic rings. The summed E-state index contributed by atoms with van der Waals surface area (Å²) in [6, 6.07) is 5.12. The van der Waals surface area contributed by atoms with Crippen molar-refractivity contribution in [3.8, 4) is 0 Å². The minimum atomic E-state index is -0.759. The maximum Gasteiger partial charge on any atom is 0.408 e. The Bertz CT molecular complexity index is 802. The average molecular weight is 476 g/mol. The van der Waals surface area contributed by atoms with Crippen LogP contribution in [-0.4, -0.2) is 48.0 Å². The number of carbonyl (C=O) groups excluding carboxylic acids is 3. The molecule has 0 saturated heterocycles. The third kappa shape index (κ3) is 10.6. The van der Waals surface area contributed by atoms with Crippen LogP contribution in [0.25, 0.3) is 0 Å². The van der Waals surface area contributed by atoms with Gasteiger partial charge in [-0.05, 0) is 64.2 Å². The van der Waals surface area contributed by atoms with Crippen molar-refractivity contribution in [3.63, 3.8) is 0 Å². The second-order valence-electron chi connectivity index (χ2n) is 9.89. The summed E-state index contributed by atoms with van der Waals surface area (Å²) >= 11 is 0. The lowest BCUT2D eigenvalue weighted by atomic mass is 9.98. The van der Waals surface area contributed by atoms with E-state index in [1.807, 2.05) is 32.0 Å². The summed E-state index contributed by atoms with van der Waals surface area (Å²) in [5, 5.41) is 5.58. The molecule has 0 aromatic heterocycles. The Morgan fingerprint density at radius 2 is 1.59 bits per heavy atom. The van der Waals surface area contributed by atoms with Gasteiger partial charge in [-0.25, -0.2) is 4.79 Å². The number of amides is 3. The zero-order valence-corrected chi connectivity index (χ0v) is 22.3. The summed E-state index contributed by atoms with van der Waals surface area (Å²) in [7, 11) is 0. The fourth-order valence-electron chi connectivity index (χ4n) is 3.58. The van der Waals surface area contributed by atoms with Crippen molar-refractivity contribution in [2.75, 3.05) is 19.6 Å². The van der Waals surface area contributed by atoms with Crippen molar-refractivity contribution in [2.24, 2.45) is 0 Å². The molecular weight excluding hydrogens is 430 g/mol. The zero-order chi connectivity index (χ0) is 25.7. The average Bonchev–Trinajstić information content (AvgIpc) is 2.75. The lowest BCUT2D eigenvalue weighted by Crippen LogP contribution is -2.48. The van der Waals surface area contributed by atoms with Crippen LogP contribution in [0, 0.1) is 13.8 Å². The number of alkyl carbamates (subject to hydrolysis) is 1. The molecule has 0 spiro atoms. The predicted molar refractivity (Wildman–Crippen MR) is 137 cm³/mol. The Morgan fingerprint density at radius 3 is 2.18 bits per heavy atom. The van der Waals surface area contributed by atoms with E-state index in [1.54, 1.807) is 25.7 Å². The van der Waals surface area contributed by atoms with Crippen LogP contribution in [0.15, 0.2) is 18.2 Å². The fraction of sp³-hybridized carbons (Fsp3) is 0.667. The van der Waals surface area contributed by atoms with Gasteiger partial charge in [0, 0.05) is 13.1 Å². The summed E-state index contributed by atoms with van der Waals surface area (Å²) in [6.07, 6.45) is 5.06. The highest BCUT2D eigenvalue weighted by molar-refractivity contribution is 5.90. The van der Waals surface area contributed by atoms with Gasteiger partial charge in [-0.15, -0.1) is 0 Å². The van der Waals surface area contributed by atoms with Gasteiger partial charge in [0.15, 0.2) is 0 Å². The molecule has 7 nitrogen and oxygen atoms in total. The number of carbonyl (C=O) groups is 3. The standard InChI is InChI=1S/C27H45N3O4/c1-8-10-12-16-28-25(32)24(22-15-14-20(3)21(4)18-22)30(17-13-11-9-2)23(31)19-29-26(33)34-27(5,6)7/h14-15,18,24H,8-13,16-17,19H2,1-7H3,(H,28,32)(H,29,33). The summed E-state index contributed by atoms with van der Waals surface area (Å²) < 4.78 is 5.26. The van der Waals surface area contributed by atoms with E-state index in [1.165, 1.54) is 0 Å². The summed E-state index contributed by atoms with van der Waals surface area (Å²) in [5.74, 6) is -0.504. The van der Waals surface area contributed by atoms with Crippen molar-refractivity contribution in [1.29, 1.82) is 0 Å². The highest BCUT2D eigenvalue weighted by atomic mass is 16.6. The molecule has 7 heteroatoms. The van der Waals surface area contributed by atoms with Crippen LogP contribution in [0.4, 0.5) is 4.79 Å². The normalized spacial score (nSPS) is 12.1. The molecule has 0 bridgehead atoms. The highest BCUT2D eigenvalue weighted by Gasteiger charge is 2.31. The van der Waals surface area contributed by atoms with Crippen molar-refractivity contribution in [2.45, 2.75) is 98.6 Å². The number of ether oxygens (including phenoxy) is 1. The molecule has 0 aliphatic rings. The van der Waals surface area contributed by atoms with E-state index in [-0.39, 0.29) is 18.4 Å². The number of nitrogens with one attached hydrogen (secondary N) is 2. The number of hydrogen-bond donors (Lipinski definition) is 2. The van der Waals surface area contributed by atoms with E-state index in [0.29, 0.717) is 13.1 Å². The third-order valence-electron chi connectivity index (χ3n) is 5.59. The minimum absolute atomic E-state index is 0.193. The fourth-order valence-corrected chi connectivity index (χ4v) is 3.58. The van der Waals surface area contributed by atoms with Crippen LogP contribution in [0.3, 0.4) is 0 Å². The van der Waals surface area contributed by atoms with Crippen LogP contribution in [0.5, 0.6) is 0 Å². The minimum Gasteiger partial charge on any atom is -0.444 e. The lowest BCUT2D eigenvalue weighted by molar-refractivity contribution is -0.140. The smallest absolute Gasteiger partial charge is 0.408 e. The van der Waals surface area contributed by atoms with Crippen LogP contribution in [0.1, 0.15) is 95.9 Å². The van der Waals surface area contributed by atoms with Gasteiger partial charge in [0.1, 0.15) is 18.2 Å². The molecule has 192 valence electrons. The topological polar surface area (TPSA) is 87.7 Å². The van der Waals surface area contributed by atoms with Crippen LogP contribution in [0.2, 0.25) is 0 Å². The van der Waals surface area contributed by atoms with Crippen LogP contribution in [-0.2, 0) is 14.3 Å². The van der Waals surface area contributed by atoms with Crippen LogP contribution >= 0.6 is 0 Å². The van der Waals surface area contributed by atoms with Gasteiger partial charge < -0.3 is 20.3 Å². The number of nitrogens with zero attached hydrogens (tertiary/aromatic N) is 1. The quantitative estimate of drug-likeness (QED) is 0.384. The Labute approximate surface area is 206 Å². The van der Waals surface area contributed by atoms with Gasteiger partial charge in [-0.1, -0.05) is 57.7 Å². The molecule has 0 aliphatic heterocycles. The molecule has 3 amide bonds. The Hall–Kier alpha value is -2.57. The Morgan fingerprint density at radius 1 is 0.941 bits per heavy atom. The molecule has 0 heterocycles. The third-order valence-corrected chi connectivity index (χ3v) is 5.59. The first kappa shape index (κ1) is 29.5. The van der Waals surface area contributed by atoms with Gasteiger partial charge in [0.25, 0.3) is 0 Å². The van der Waals surface area contributed by atoms with Gasteiger partial charge in [0.05, 0.1) is 0 Å². The number of rotatable bonds is 13. The first-order chi connectivity index (χ1) is 16.0. The van der Waals surface area contributed by atoms with E-state index in [0.717, 1.165) is 55.2 Å². The summed E-state index contributed by atoms with van der Waals surface area (Å²) in [5.41, 5.74) is 2.31. The number of benzene rings is 1. The molecule has 1 unspecified atom stereocenters. The first-order valence-corrected chi connectivity index (χ1v) is 12.6. The molecule has 1 atom stereocenters. The molecule has 1 rings (SSSR count). The van der Waals surface area contributed by atoms with Gasteiger partial charge in [-0.3, -0.25) is 9.59 Å². The van der Waals surface area contributed by atoms with E-state index in [4.69, 9.17) is 4.74 Å². The lowest BCUT2D eigenvalue weighted by Gasteiger charge is -2.32. The van der Waals surface area contributed by atoms with Crippen molar-refractivity contribution in [3.05, 3.63) is 34.9 Å². The van der Waals surface area contributed by atoms with E-state index in [2.05, 4.69) is 24.5 Å². The van der Waals surface area contributed by atoms with Crippen molar-refractivity contribution >= 4 is 17.9 Å². The van der Waals surface area contributed by atoms with Gasteiger partial charge >= 0.3 is 6.09 Å². The Balaban J connectivity index is 3.18. The SMILES string of the molecule is CCCCCNC(=O)C(c1ccc(C)c(C)c1)N(CCCCC)C(=O)CNC(=O)OC(C)(C)C. The number of unbranched alkanes of at least 4 members (excludes halogenated alkanes) is 4. The molecule has 1 aromatic carbocycles. The van der Waals surface area contributed by atoms with Gasteiger partial charge in [0.2, 0.25) is 11.8 Å². The van der Waals surface area contributed by atoms with Gasteiger partial charge in [-0.2, -0.15) is 0 Å². The maximum atomic E-state index is 13.4. The monoisotopic (exact) mass is 475 g/mol. The molecule has 0 aliphatic carbocycles. The zero-order valence-electron chi connectivity index (χ0n) is 22.3. The number of hydrogen-bond acceptors (Lipinski definition) is 4. The summed E-state index contributed by atoms with van der Waals surface area (Å²) in [6.45, 7) is 14.3.